The Morgan fingerprint density at radius 2 is 2.18 bits per heavy atom. The highest BCUT2D eigenvalue weighted by molar-refractivity contribution is 9.10. The van der Waals surface area contributed by atoms with Gasteiger partial charge in [0.05, 0.1) is 0 Å². The molecule has 0 saturated heterocycles. The van der Waals surface area contributed by atoms with Gasteiger partial charge in [-0.3, -0.25) is 0 Å². The molecule has 2 N–H and O–H groups in total. The van der Waals surface area contributed by atoms with Crippen molar-refractivity contribution >= 4 is 28.5 Å². The maximum absolute atomic E-state index is 8.81. The third-order valence-corrected chi connectivity index (χ3v) is 1.94. The molecule has 0 aliphatic rings. The molecule has 58 valence electrons. The summed E-state index contributed by atoms with van der Waals surface area (Å²) in [7, 11) is -1.46. The zero-order valence-electron chi connectivity index (χ0n) is 5.95. The van der Waals surface area contributed by atoms with E-state index >= 15 is 0 Å². The Labute approximate surface area is 73.4 Å². The van der Waals surface area contributed by atoms with Crippen LogP contribution in [0.3, 0.4) is 0 Å². The monoisotopic (exact) mass is 215 g/mol. The lowest BCUT2D eigenvalue weighted by Gasteiger charge is -2.01. The van der Waals surface area contributed by atoms with E-state index in [4.69, 9.17) is 10.0 Å². The van der Waals surface area contributed by atoms with Crippen LogP contribution in [0.4, 0.5) is 0 Å². The van der Waals surface area contributed by atoms with Gasteiger partial charge >= 0.3 is 7.12 Å². The molecule has 1 heterocycles. The molecule has 0 aliphatic carbocycles. The molecule has 3 nitrogen and oxygen atoms in total. The summed E-state index contributed by atoms with van der Waals surface area (Å²) in [4.78, 5) is 3.90. The summed E-state index contributed by atoms with van der Waals surface area (Å²) in [5.74, 6) is 0. The van der Waals surface area contributed by atoms with Gasteiger partial charge in [-0.25, -0.2) is 4.98 Å². The number of hydrogen-bond donors (Lipinski definition) is 2. The maximum Gasteiger partial charge on any atom is 0.491 e. The van der Waals surface area contributed by atoms with Gasteiger partial charge in [-0.15, -0.1) is 0 Å². The summed E-state index contributed by atoms with van der Waals surface area (Å²) in [6.07, 6.45) is 1.65. The molecule has 1 rings (SSSR count). The fraction of sp³-hybridized carbons (Fsp3) is 0.167. The van der Waals surface area contributed by atoms with E-state index in [9.17, 15) is 0 Å². The molecule has 0 saturated carbocycles. The summed E-state index contributed by atoms with van der Waals surface area (Å²) >= 11 is 3.10. The predicted octanol–water partition coefficient (Wildman–Crippen LogP) is -0.168. The second kappa shape index (κ2) is 3.34. The van der Waals surface area contributed by atoms with Crippen LogP contribution < -0.4 is 5.46 Å². The Balaban J connectivity index is 3.13. The van der Waals surface area contributed by atoms with Gasteiger partial charge in [0, 0.05) is 11.7 Å². The van der Waals surface area contributed by atoms with Gasteiger partial charge in [-0.05, 0) is 28.4 Å². The van der Waals surface area contributed by atoms with Gasteiger partial charge in [0.1, 0.15) is 4.60 Å². The van der Waals surface area contributed by atoms with Crippen molar-refractivity contribution in [3.05, 3.63) is 22.4 Å². The Morgan fingerprint density at radius 3 is 2.64 bits per heavy atom. The van der Waals surface area contributed by atoms with Crippen molar-refractivity contribution in [2.24, 2.45) is 0 Å². The number of aryl methyl sites for hydroxylation is 1. The normalized spacial score (nSPS) is 9.82. The summed E-state index contributed by atoms with van der Waals surface area (Å²) in [6, 6.07) is 1.67. The molecule has 0 aromatic carbocycles. The van der Waals surface area contributed by atoms with Crippen molar-refractivity contribution in [1.82, 2.24) is 4.98 Å². The van der Waals surface area contributed by atoms with E-state index in [1.807, 2.05) is 6.92 Å². The molecule has 1 aromatic rings. The largest absolute Gasteiger partial charge is 0.491 e. The van der Waals surface area contributed by atoms with E-state index < -0.39 is 7.12 Å². The second-order valence-electron chi connectivity index (χ2n) is 2.27. The summed E-state index contributed by atoms with van der Waals surface area (Å²) in [5.41, 5.74) is 1.29. The van der Waals surface area contributed by atoms with Gasteiger partial charge in [-0.1, -0.05) is 6.07 Å². The third kappa shape index (κ3) is 2.02. The molecule has 0 amide bonds. The van der Waals surface area contributed by atoms with E-state index in [0.717, 1.165) is 5.56 Å². The number of halogens is 1. The van der Waals surface area contributed by atoms with E-state index in [1.54, 1.807) is 12.3 Å². The standard InChI is InChI=1S/C6H7BBrNO2/c1-4-2-5(7(10)11)6(8)9-3-4/h2-3,10-11H,1H3. The smallest absolute Gasteiger partial charge is 0.423 e. The predicted molar refractivity (Wildman–Crippen MR) is 46.5 cm³/mol. The molecule has 0 spiro atoms. The first-order chi connectivity index (χ1) is 5.11. The Morgan fingerprint density at radius 1 is 1.55 bits per heavy atom. The van der Waals surface area contributed by atoms with Crippen molar-refractivity contribution < 1.29 is 10.0 Å². The van der Waals surface area contributed by atoms with Gasteiger partial charge in [0.25, 0.3) is 0 Å². The van der Waals surface area contributed by atoms with E-state index in [2.05, 4.69) is 20.9 Å². The molecule has 1 aromatic heterocycles. The zero-order chi connectivity index (χ0) is 8.43. The lowest BCUT2D eigenvalue weighted by molar-refractivity contribution is 0.425. The van der Waals surface area contributed by atoms with Crippen LogP contribution in [0.25, 0.3) is 0 Å². The molecule has 0 unspecified atom stereocenters. The fourth-order valence-electron chi connectivity index (χ4n) is 0.756. The number of rotatable bonds is 1. The Bertz CT molecular complexity index is 267. The Kier molecular flexibility index (Phi) is 2.65. The molecule has 5 heteroatoms. The first-order valence-corrected chi connectivity index (χ1v) is 3.88. The van der Waals surface area contributed by atoms with Crippen LogP contribution >= 0.6 is 15.9 Å². The molecular formula is C6H7BBrNO2. The fourth-order valence-corrected chi connectivity index (χ4v) is 1.18. The molecular weight excluding hydrogens is 209 g/mol. The van der Waals surface area contributed by atoms with Crippen molar-refractivity contribution in [1.29, 1.82) is 0 Å². The second-order valence-corrected chi connectivity index (χ2v) is 3.02. The van der Waals surface area contributed by atoms with Gasteiger partial charge < -0.3 is 10.0 Å². The average molecular weight is 216 g/mol. The van der Waals surface area contributed by atoms with Crippen LogP contribution in [0.2, 0.25) is 0 Å². The van der Waals surface area contributed by atoms with Crippen molar-refractivity contribution in [2.75, 3.05) is 0 Å². The number of hydrogen-bond acceptors (Lipinski definition) is 3. The van der Waals surface area contributed by atoms with Crippen LogP contribution in [0.15, 0.2) is 16.9 Å². The van der Waals surface area contributed by atoms with E-state index in [1.165, 1.54) is 0 Å². The molecule has 0 aliphatic heterocycles. The molecule has 0 radical (unpaired) electrons. The minimum atomic E-state index is -1.46. The van der Waals surface area contributed by atoms with E-state index in [-0.39, 0.29) is 0 Å². The average Bonchev–Trinajstić information content (AvgIpc) is 1.94. The third-order valence-electron chi connectivity index (χ3n) is 1.28. The highest BCUT2D eigenvalue weighted by Gasteiger charge is 2.15. The topological polar surface area (TPSA) is 53.4 Å². The highest BCUT2D eigenvalue weighted by atomic mass is 79.9. The quantitative estimate of drug-likeness (QED) is 0.506. The molecule has 0 bridgehead atoms. The number of aromatic nitrogens is 1. The highest BCUT2D eigenvalue weighted by Crippen LogP contribution is 2.03. The van der Waals surface area contributed by atoms with Crippen LogP contribution in [0.5, 0.6) is 0 Å². The number of nitrogens with zero attached hydrogens (tertiary/aromatic N) is 1. The number of pyridine rings is 1. The minimum absolute atomic E-state index is 0.394. The van der Waals surface area contributed by atoms with Gasteiger partial charge in [0.2, 0.25) is 0 Å². The van der Waals surface area contributed by atoms with Crippen LogP contribution in [0.1, 0.15) is 5.56 Å². The lowest BCUT2D eigenvalue weighted by atomic mass is 9.81. The summed E-state index contributed by atoms with van der Waals surface area (Å²) in [6.45, 7) is 1.84. The molecule has 0 atom stereocenters. The van der Waals surface area contributed by atoms with Gasteiger partial charge in [-0.2, -0.15) is 0 Å². The lowest BCUT2D eigenvalue weighted by Crippen LogP contribution is -2.31. The van der Waals surface area contributed by atoms with Crippen LogP contribution in [-0.2, 0) is 0 Å². The van der Waals surface area contributed by atoms with Crippen LogP contribution in [-0.4, -0.2) is 22.2 Å². The molecule has 0 fully saturated rings. The first-order valence-electron chi connectivity index (χ1n) is 3.09. The van der Waals surface area contributed by atoms with Crippen molar-refractivity contribution in [3.63, 3.8) is 0 Å². The minimum Gasteiger partial charge on any atom is -0.423 e. The van der Waals surface area contributed by atoms with E-state index in [0.29, 0.717) is 10.1 Å². The van der Waals surface area contributed by atoms with Gasteiger partial charge in [0.15, 0.2) is 0 Å². The SMILES string of the molecule is Cc1cnc(Br)c(B(O)O)c1. The summed E-state index contributed by atoms with van der Waals surface area (Å²) < 4.78 is 0.470. The van der Waals surface area contributed by atoms with Crippen LogP contribution in [0, 0.1) is 6.92 Å². The Hall–Kier alpha value is -0.385. The van der Waals surface area contributed by atoms with Crippen molar-refractivity contribution in [2.45, 2.75) is 6.92 Å². The van der Waals surface area contributed by atoms with Crippen molar-refractivity contribution in [3.8, 4) is 0 Å². The maximum atomic E-state index is 8.81. The summed E-state index contributed by atoms with van der Waals surface area (Å²) in [5, 5.41) is 17.6. The first kappa shape index (κ1) is 8.71. The molecule has 11 heavy (non-hydrogen) atoms. The zero-order valence-corrected chi connectivity index (χ0v) is 7.54.